The minimum absolute atomic E-state index is 0.344. The van der Waals surface area contributed by atoms with Crippen molar-refractivity contribution in [2.75, 3.05) is 21.2 Å². The van der Waals surface area contributed by atoms with Crippen molar-refractivity contribution in [1.82, 2.24) is 15.5 Å². The smallest absolute Gasteiger partial charge is 0.321 e. The number of rotatable bonds is 5. The lowest BCUT2D eigenvalue weighted by Crippen LogP contribution is -2.47. The topological polar surface area (TPSA) is 70.7 Å². The van der Waals surface area contributed by atoms with Crippen LogP contribution < -0.4 is 15.4 Å². The Labute approximate surface area is 125 Å². The largest absolute Gasteiger partial charge is 0.496 e. The van der Waals surface area contributed by atoms with E-state index in [4.69, 9.17) is 4.74 Å². The van der Waals surface area contributed by atoms with Crippen LogP contribution in [-0.4, -0.2) is 44.1 Å². The maximum absolute atomic E-state index is 11.9. The number of hydrogen-bond acceptors (Lipinski definition) is 4. The van der Waals surface area contributed by atoms with E-state index >= 15 is 0 Å². The van der Waals surface area contributed by atoms with E-state index in [1.165, 1.54) is 7.05 Å². The number of urea groups is 1. The summed E-state index contributed by atoms with van der Waals surface area (Å²) in [6.07, 6.45) is 0. The molecule has 0 bridgehead atoms. The minimum Gasteiger partial charge on any atom is -0.496 e. The molecule has 0 unspecified atom stereocenters. The number of benzene rings is 1. The summed E-state index contributed by atoms with van der Waals surface area (Å²) in [5.41, 5.74) is 2.13. The van der Waals surface area contributed by atoms with Crippen molar-refractivity contribution in [3.63, 3.8) is 0 Å². The molecule has 6 heteroatoms. The molecule has 0 fully saturated rings. The zero-order valence-corrected chi connectivity index (χ0v) is 13.2. The van der Waals surface area contributed by atoms with Crippen molar-refractivity contribution in [3.05, 3.63) is 29.3 Å². The van der Waals surface area contributed by atoms with Gasteiger partial charge in [-0.2, -0.15) is 0 Å². The van der Waals surface area contributed by atoms with Gasteiger partial charge in [0.25, 0.3) is 0 Å². The van der Waals surface area contributed by atoms with Gasteiger partial charge in [-0.15, -0.1) is 0 Å². The lowest BCUT2D eigenvalue weighted by Gasteiger charge is -2.24. The van der Waals surface area contributed by atoms with E-state index in [9.17, 15) is 9.59 Å². The molecule has 0 spiro atoms. The van der Waals surface area contributed by atoms with Gasteiger partial charge in [0.05, 0.1) is 13.2 Å². The molecule has 0 saturated heterocycles. The SMILES string of the molecule is CNC(=O)NC(=O)[C@H](C)N(C)Cc1cc(C)ccc1OC. The summed E-state index contributed by atoms with van der Waals surface area (Å²) in [7, 11) is 4.92. The van der Waals surface area contributed by atoms with Crippen LogP contribution in [0.1, 0.15) is 18.1 Å². The molecule has 0 aliphatic carbocycles. The maximum atomic E-state index is 11.9. The van der Waals surface area contributed by atoms with Gasteiger partial charge >= 0.3 is 6.03 Å². The molecule has 2 N–H and O–H groups in total. The molecule has 3 amide bonds. The number of amides is 3. The second-order valence-electron chi connectivity index (χ2n) is 4.97. The molecule has 1 atom stereocenters. The van der Waals surface area contributed by atoms with Gasteiger partial charge in [-0.05, 0) is 27.0 Å². The van der Waals surface area contributed by atoms with E-state index < -0.39 is 12.1 Å². The molecule has 0 radical (unpaired) electrons. The van der Waals surface area contributed by atoms with Crippen LogP contribution in [0.15, 0.2) is 18.2 Å². The van der Waals surface area contributed by atoms with Crippen LogP contribution in [0.2, 0.25) is 0 Å². The van der Waals surface area contributed by atoms with Crippen LogP contribution in [0.25, 0.3) is 0 Å². The maximum Gasteiger partial charge on any atom is 0.321 e. The molecule has 0 aliphatic heterocycles. The summed E-state index contributed by atoms with van der Waals surface area (Å²) in [5.74, 6) is 0.440. The first-order chi connectivity index (χ1) is 9.88. The Morgan fingerprint density at radius 3 is 2.62 bits per heavy atom. The van der Waals surface area contributed by atoms with Crippen LogP contribution in [0.4, 0.5) is 4.79 Å². The zero-order valence-electron chi connectivity index (χ0n) is 13.2. The summed E-state index contributed by atoms with van der Waals surface area (Å²) in [5, 5.41) is 4.63. The predicted octanol–water partition coefficient (Wildman–Crippen LogP) is 1.28. The highest BCUT2D eigenvalue weighted by atomic mass is 16.5. The first-order valence-corrected chi connectivity index (χ1v) is 6.75. The molecule has 21 heavy (non-hydrogen) atoms. The van der Waals surface area contributed by atoms with E-state index in [1.54, 1.807) is 14.0 Å². The first-order valence-electron chi connectivity index (χ1n) is 6.75. The van der Waals surface area contributed by atoms with Crippen molar-refractivity contribution >= 4 is 11.9 Å². The molecule has 6 nitrogen and oxygen atoms in total. The monoisotopic (exact) mass is 293 g/mol. The molecule has 1 aromatic carbocycles. The Morgan fingerprint density at radius 2 is 2.05 bits per heavy atom. The quantitative estimate of drug-likeness (QED) is 0.858. The van der Waals surface area contributed by atoms with Crippen molar-refractivity contribution in [2.45, 2.75) is 26.4 Å². The number of carbonyl (C=O) groups excluding carboxylic acids is 2. The van der Waals surface area contributed by atoms with E-state index in [1.807, 2.05) is 37.1 Å². The highest BCUT2D eigenvalue weighted by Crippen LogP contribution is 2.21. The number of likely N-dealkylation sites (N-methyl/N-ethyl adjacent to an activating group) is 1. The highest BCUT2D eigenvalue weighted by molar-refractivity contribution is 5.96. The van der Waals surface area contributed by atoms with E-state index in [2.05, 4.69) is 10.6 Å². The number of ether oxygens (including phenoxy) is 1. The van der Waals surface area contributed by atoms with Crippen LogP contribution in [0.3, 0.4) is 0 Å². The summed E-state index contributed by atoms with van der Waals surface area (Å²) < 4.78 is 5.33. The van der Waals surface area contributed by atoms with Gasteiger partial charge in [-0.1, -0.05) is 17.7 Å². The van der Waals surface area contributed by atoms with Gasteiger partial charge < -0.3 is 10.1 Å². The van der Waals surface area contributed by atoms with E-state index in [-0.39, 0.29) is 5.91 Å². The highest BCUT2D eigenvalue weighted by Gasteiger charge is 2.20. The number of nitrogens with one attached hydrogen (secondary N) is 2. The summed E-state index contributed by atoms with van der Waals surface area (Å²) in [4.78, 5) is 24.9. The Hall–Kier alpha value is -2.08. The fraction of sp³-hybridized carbons (Fsp3) is 0.467. The van der Waals surface area contributed by atoms with Gasteiger partial charge in [0.2, 0.25) is 5.91 Å². The standard InChI is InChI=1S/C15H23N3O3/c1-10-6-7-13(21-5)12(8-10)9-18(4)11(2)14(19)17-15(20)16-3/h6-8,11H,9H2,1-5H3,(H2,16,17,19,20)/t11-/m0/s1. The van der Waals surface area contributed by atoms with Crippen LogP contribution >= 0.6 is 0 Å². The summed E-state index contributed by atoms with van der Waals surface area (Å²) in [6, 6.07) is 4.97. The number of carbonyl (C=O) groups is 2. The Morgan fingerprint density at radius 1 is 1.38 bits per heavy atom. The number of methoxy groups -OCH3 is 1. The van der Waals surface area contributed by atoms with Gasteiger partial charge in [-0.3, -0.25) is 15.0 Å². The molecule has 0 saturated carbocycles. The fourth-order valence-electron chi connectivity index (χ4n) is 1.92. The normalized spacial score (nSPS) is 11.9. The summed E-state index contributed by atoms with van der Waals surface area (Å²) in [6.45, 7) is 4.30. The van der Waals surface area contributed by atoms with Gasteiger partial charge in [0.15, 0.2) is 0 Å². The van der Waals surface area contributed by atoms with Crippen molar-refractivity contribution in [1.29, 1.82) is 0 Å². The molecule has 1 rings (SSSR count). The molecule has 0 aliphatic rings. The Bertz CT molecular complexity index is 517. The molecular weight excluding hydrogens is 270 g/mol. The third-order valence-electron chi connectivity index (χ3n) is 3.36. The molecule has 0 aromatic heterocycles. The van der Waals surface area contributed by atoms with E-state index in [0.29, 0.717) is 6.54 Å². The number of imide groups is 1. The number of nitrogens with zero attached hydrogens (tertiary/aromatic N) is 1. The van der Waals surface area contributed by atoms with Crippen LogP contribution in [-0.2, 0) is 11.3 Å². The fourth-order valence-corrected chi connectivity index (χ4v) is 1.92. The summed E-state index contributed by atoms with van der Waals surface area (Å²) >= 11 is 0. The van der Waals surface area contributed by atoms with Crippen molar-refractivity contribution in [2.24, 2.45) is 0 Å². The van der Waals surface area contributed by atoms with Gasteiger partial charge in [-0.25, -0.2) is 4.79 Å². The lowest BCUT2D eigenvalue weighted by molar-refractivity contribution is -0.124. The second-order valence-corrected chi connectivity index (χ2v) is 4.97. The molecular formula is C15H23N3O3. The van der Waals surface area contributed by atoms with Gasteiger partial charge in [0.1, 0.15) is 5.75 Å². The molecule has 0 heterocycles. The third-order valence-corrected chi connectivity index (χ3v) is 3.36. The predicted molar refractivity (Wildman–Crippen MR) is 81.3 cm³/mol. The average molecular weight is 293 g/mol. The van der Waals surface area contributed by atoms with Crippen molar-refractivity contribution < 1.29 is 14.3 Å². The van der Waals surface area contributed by atoms with Gasteiger partial charge in [0, 0.05) is 19.2 Å². The van der Waals surface area contributed by atoms with Crippen molar-refractivity contribution in [3.8, 4) is 5.75 Å². The third kappa shape index (κ3) is 4.75. The minimum atomic E-state index is -0.506. The number of hydrogen-bond donors (Lipinski definition) is 2. The Balaban J connectivity index is 2.76. The average Bonchev–Trinajstić information content (AvgIpc) is 2.46. The Kier molecular flexibility index (Phi) is 6.17. The second kappa shape index (κ2) is 7.64. The van der Waals surface area contributed by atoms with Crippen LogP contribution in [0, 0.1) is 6.92 Å². The first kappa shape index (κ1) is 17.0. The van der Waals surface area contributed by atoms with E-state index in [0.717, 1.165) is 16.9 Å². The number of aryl methyl sites for hydroxylation is 1. The van der Waals surface area contributed by atoms with Crippen LogP contribution in [0.5, 0.6) is 5.75 Å². The lowest BCUT2D eigenvalue weighted by atomic mass is 10.1. The molecule has 116 valence electrons. The molecule has 1 aromatic rings. The zero-order chi connectivity index (χ0) is 16.0.